The predicted molar refractivity (Wildman–Crippen MR) is 238 cm³/mol. The van der Waals surface area contributed by atoms with Crippen LogP contribution in [0.15, 0.2) is 12.7 Å². The minimum atomic E-state index is -1.44. The summed E-state index contributed by atoms with van der Waals surface area (Å²) in [4.78, 5) is 134. The van der Waals surface area contributed by atoms with E-state index in [4.69, 9.17) is 9.47 Å². The molecule has 0 aromatic carbocycles. The summed E-state index contributed by atoms with van der Waals surface area (Å²) < 4.78 is 10.7. The summed E-state index contributed by atoms with van der Waals surface area (Å²) in [6.45, 7) is 25.2. The summed E-state index contributed by atoms with van der Waals surface area (Å²) in [5.74, 6) is -7.78. The van der Waals surface area contributed by atoms with E-state index >= 15 is 0 Å². The lowest BCUT2D eigenvalue weighted by molar-refractivity contribution is -0.156. The number of carbonyl (C=O) groups is 10. The molecule has 0 radical (unpaired) electrons. The summed E-state index contributed by atoms with van der Waals surface area (Å²) in [6, 6.07) is -7.34. The van der Waals surface area contributed by atoms with Gasteiger partial charge in [-0.25, -0.2) is 0 Å². The molecule has 19 nitrogen and oxygen atoms in total. The van der Waals surface area contributed by atoms with Crippen molar-refractivity contribution in [3.05, 3.63) is 12.7 Å². The highest BCUT2D eigenvalue weighted by Crippen LogP contribution is 2.27. The van der Waals surface area contributed by atoms with Crippen molar-refractivity contribution in [2.45, 2.75) is 189 Å². The molecule has 7 amide bonds. The molecule has 0 saturated carbocycles. The fourth-order valence-electron chi connectivity index (χ4n) is 6.74. The van der Waals surface area contributed by atoms with E-state index in [2.05, 4.69) is 38.5 Å². The number of carbonyl (C=O) groups excluding carboxylic acids is 10. The highest BCUT2D eigenvalue weighted by atomic mass is 16.6. The molecule has 6 N–H and O–H groups in total. The Balaban J connectivity index is 3.42. The van der Waals surface area contributed by atoms with E-state index in [1.807, 2.05) is 0 Å². The molecule has 1 aliphatic rings. The first-order chi connectivity index (χ1) is 29.4. The van der Waals surface area contributed by atoms with Crippen molar-refractivity contribution >= 4 is 59.1 Å². The Kier molecular flexibility index (Phi) is 22.3. The third kappa shape index (κ3) is 20.0. The fourth-order valence-corrected chi connectivity index (χ4v) is 6.74. The van der Waals surface area contributed by atoms with Crippen LogP contribution in [0.4, 0.5) is 0 Å². The van der Waals surface area contributed by atoms with Gasteiger partial charge >= 0.3 is 11.9 Å². The second-order valence-electron chi connectivity index (χ2n) is 19.5. The maximum Gasteiger partial charge on any atom is 0.306 e. The molecule has 19 heteroatoms. The molecule has 362 valence electrons. The topological polar surface area (TPSA) is 265 Å². The first kappa shape index (κ1) is 56.7. The number of likely N-dealkylation sites (tertiary alicyclic amines) is 1. The molecule has 1 unspecified atom stereocenters. The Morgan fingerprint density at radius 2 is 1.22 bits per heavy atom. The third-order valence-corrected chi connectivity index (χ3v) is 9.77. The number of esters is 2. The molecule has 0 aromatic rings. The van der Waals surface area contributed by atoms with Gasteiger partial charge < -0.3 is 46.3 Å². The molecular formula is C45H75N7O12. The van der Waals surface area contributed by atoms with Crippen molar-refractivity contribution in [1.82, 2.24) is 36.8 Å². The van der Waals surface area contributed by atoms with E-state index in [1.54, 1.807) is 83.1 Å². The number of nitrogens with one attached hydrogen (secondary N) is 6. The van der Waals surface area contributed by atoms with Crippen LogP contribution in [-0.4, -0.2) is 125 Å². The molecule has 1 heterocycles. The van der Waals surface area contributed by atoms with Gasteiger partial charge in [0.1, 0.15) is 41.4 Å². The maximum absolute atomic E-state index is 14.4. The minimum absolute atomic E-state index is 0.0633. The monoisotopic (exact) mass is 906 g/mol. The quantitative estimate of drug-likeness (QED) is 0.0489. The number of hydrogen-bond donors (Lipinski definition) is 6. The van der Waals surface area contributed by atoms with Crippen LogP contribution in [0.1, 0.15) is 141 Å². The molecule has 1 rings (SSSR count). The second kappa shape index (κ2) is 25.2. The number of hydrogen-bond acceptors (Lipinski definition) is 12. The lowest BCUT2D eigenvalue weighted by Gasteiger charge is -2.37. The van der Waals surface area contributed by atoms with Crippen LogP contribution in [-0.2, 0) is 57.4 Å². The Morgan fingerprint density at radius 3 is 1.67 bits per heavy atom. The number of ketones is 1. The molecule has 1 fully saturated rings. The smallest absolute Gasteiger partial charge is 0.306 e. The van der Waals surface area contributed by atoms with Crippen LogP contribution in [0, 0.1) is 11.3 Å². The fraction of sp³-hybridized carbons (Fsp3) is 0.733. The summed E-state index contributed by atoms with van der Waals surface area (Å²) in [7, 11) is 0. The van der Waals surface area contributed by atoms with Gasteiger partial charge in [0.25, 0.3) is 5.91 Å². The van der Waals surface area contributed by atoms with Crippen LogP contribution in [0.25, 0.3) is 0 Å². The number of Topliss-reactive ketones (excluding diaryl/α,β-unsaturated/α-hetero) is 1. The highest BCUT2D eigenvalue weighted by Gasteiger charge is 2.44. The van der Waals surface area contributed by atoms with E-state index in [1.165, 1.54) is 17.9 Å². The number of nitrogens with zero attached hydrogens (tertiary/aromatic N) is 1. The van der Waals surface area contributed by atoms with Crippen molar-refractivity contribution in [2.75, 3.05) is 13.1 Å². The molecule has 0 aromatic heterocycles. The Morgan fingerprint density at radius 1 is 0.703 bits per heavy atom. The van der Waals surface area contributed by atoms with Gasteiger partial charge in [0.05, 0.1) is 6.04 Å². The number of amides is 7. The van der Waals surface area contributed by atoms with Crippen molar-refractivity contribution in [3.63, 3.8) is 0 Å². The summed E-state index contributed by atoms with van der Waals surface area (Å²) in [5.41, 5.74) is -2.57. The highest BCUT2D eigenvalue weighted by molar-refractivity contribution is 6.38. The van der Waals surface area contributed by atoms with Gasteiger partial charge in [-0.3, -0.25) is 47.9 Å². The zero-order valence-corrected chi connectivity index (χ0v) is 40.2. The first-order valence-electron chi connectivity index (χ1n) is 22.1. The average molecular weight is 906 g/mol. The predicted octanol–water partition coefficient (Wildman–Crippen LogP) is 2.04. The minimum Gasteiger partial charge on any atom is -0.460 e. The molecular weight excluding hydrogens is 831 g/mol. The van der Waals surface area contributed by atoms with Crippen LogP contribution in [0.3, 0.4) is 0 Å². The van der Waals surface area contributed by atoms with E-state index < -0.39 is 118 Å². The van der Waals surface area contributed by atoms with Crippen molar-refractivity contribution in [2.24, 2.45) is 11.3 Å². The average Bonchev–Trinajstić information content (AvgIpc) is 3.65. The van der Waals surface area contributed by atoms with Crippen LogP contribution in [0.2, 0.25) is 0 Å². The zero-order valence-electron chi connectivity index (χ0n) is 40.2. The van der Waals surface area contributed by atoms with Crippen LogP contribution in [0.5, 0.6) is 0 Å². The zero-order chi connectivity index (χ0) is 49.3. The van der Waals surface area contributed by atoms with Crippen molar-refractivity contribution in [3.8, 4) is 0 Å². The van der Waals surface area contributed by atoms with E-state index in [9.17, 15) is 47.9 Å². The van der Waals surface area contributed by atoms with Crippen molar-refractivity contribution in [1.29, 1.82) is 0 Å². The standard InChI is InChI=1S/C45H75N7O12/c1-15-18-28(35(56)41(61)46-24-16-2)48-39(59)31-19-17-25-52(31)42(62)36(43(6,7)8)51-40(60)34(26(3)4)50-38(58)30(21-23-33(55)64-45(12,13)14)49-37(57)29(47-27(5)53)20-22-32(54)63-44(9,10)11/h16,26,28-31,34,36H,2,15,17-25H2,1,3-14H3,(H,46,61)(H,47,53)(H,48,59)(H,49,57)(H,50,58)(H,51,60)/t28?,29-,30-,31-,34-,36+/m0/s1. The normalized spacial score (nSPS) is 16.5. The Labute approximate surface area is 378 Å². The molecule has 0 bridgehead atoms. The van der Waals surface area contributed by atoms with Gasteiger partial charge in [-0.05, 0) is 85.0 Å². The lowest BCUT2D eigenvalue weighted by atomic mass is 9.85. The molecule has 6 atom stereocenters. The van der Waals surface area contributed by atoms with E-state index in [0.717, 1.165) is 0 Å². The van der Waals surface area contributed by atoms with E-state index in [-0.39, 0.29) is 51.6 Å². The van der Waals surface area contributed by atoms with Gasteiger partial charge in [-0.1, -0.05) is 54.0 Å². The largest absolute Gasteiger partial charge is 0.460 e. The summed E-state index contributed by atoms with van der Waals surface area (Å²) >= 11 is 0. The van der Waals surface area contributed by atoms with Gasteiger partial charge in [-0.2, -0.15) is 0 Å². The lowest BCUT2D eigenvalue weighted by Crippen LogP contribution is -2.62. The van der Waals surface area contributed by atoms with Gasteiger partial charge in [-0.15, -0.1) is 6.58 Å². The Hall–Kier alpha value is -5.36. The SMILES string of the molecule is C=CCNC(=O)C(=O)C(CCC)NC(=O)[C@@H]1CCCN1C(=O)[C@@H](NC(=O)[C@@H](NC(=O)[C@H](CCC(=O)OC(C)(C)C)NC(=O)[C@H](CCC(=O)OC(C)(C)C)NC(C)=O)C(C)C)C(C)(C)C. The third-order valence-electron chi connectivity index (χ3n) is 9.77. The maximum atomic E-state index is 14.4. The van der Waals surface area contributed by atoms with E-state index in [0.29, 0.717) is 12.8 Å². The molecule has 1 aliphatic heterocycles. The van der Waals surface area contributed by atoms with Crippen molar-refractivity contribution < 1.29 is 57.4 Å². The van der Waals surface area contributed by atoms with Gasteiger partial charge in [0.15, 0.2) is 0 Å². The summed E-state index contributed by atoms with van der Waals surface area (Å²) in [6.07, 6.45) is 1.78. The second-order valence-corrected chi connectivity index (χ2v) is 19.5. The van der Waals surface area contributed by atoms with Gasteiger partial charge in [0, 0.05) is 32.9 Å². The molecule has 1 saturated heterocycles. The number of rotatable bonds is 23. The molecule has 0 aliphatic carbocycles. The van der Waals surface area contributed by atoms with Crippen LogP contribution < -0.4 is 31.9 Å². The molecule has 64 heavy (non-hydrogen) atoms. The van der Waals surface area contributed by atoms with Gasteiger partial charge in [0.2, 0.25) is 41.2 Å². The molecule has 0 spiro atoms. The number of ether oxygens (including phenoxy) is 2. The Bertz CT molecular complexity index is 1710. The first-order valence-corrected chi connectivity index (χ1v) is 22.1. The summed E-state index contributed by atoms with van der Waals surface area (Å²) in [5, 5.41) is 15.6. The van der Waals surface area contributed by atoms with Crippen LogP contribution >= 0.6 is 0 Å².